The van der Waals surface area contributed by atoms with E-state index in [1.54, 1.807) is 12.1 Å². The molecule has 1 aliphatic rings. The van der Waals surface area contributed by atoms with Gasteiger partial charge in [0.05, 0.1) is 23.0 Å². The van der Waals surface area contributed by atoms with Crippen LogP contribution >= 0.6 is 22.9 Å². The van der Waals surface area contributed by atoms with Crippen LogP contribution < -0.4 is 10.2 Å². The molecule has 0 bridgehead atoms. The van der Waals surface area contributed by atoms with Crippen LogP contribution in [0.1, 0.15) is 29.7 Å². The summed E-state index contributed by atoms with van der Waals surface area (Å²) in [7, 11) is 0. The summed E-state index contributed by atoms with van der Waals surface area (Å²) in [4.78, 5) is 4.45. The first-order valence-corrected chi connectivity index (χ1v) is 13.5. The Balaban J connectivity index is 1.31. The highest BCUT2D eigenvalue weighted by molar-refractivity contribution is 7.22. The molecule has 4 N–H and O–H groups in total. The maximum atomic E-state index is 10.7. The van der Waals surface area contributed by atoms with Gasteiger partial charge in [-0.2, -0.15) is 5.10 Å². The van der Waals surface area contributed by atoms with Crippen LogP contribution in [0.2, 0.25) is 5.02 Å². The molecule has 38 heavy (non-hydrogen) atoms. The molecule has 4 aromatic rings. The number of aliphatic hydroxyl groups excluding tert-OH is 3. The Bertz CT molecular complexity index is 1380. The second-order valence-electron chi connectivity index (χ2n) is 8.97. The molecule has 8 nitrogen and oxygen atoms in total. The lowest BCUT2D eigenvalue weighted by Gasteiger charge is -2.39. The number of ether oxygens (including phenoxy) is 2. The van der Waals surface area contributed by atoms with Crippen molar-refractivity contribution in [2.45, 2.75) is 43.9 Å². The molecule has 1 aromatic heterocycles. The van der Waals surface area contributed by atoms with E-state index in [9.17, 15) is 15.3 Å². The van der Waals surface area contributed by atoms with Crippen molar-refractivity contribution in [3.63, 3.8) is 0 Å². The average molecular weight is 554 g/mol. The number of halogens is 1. The molecule has 2 heterocycles. The number of benzene rings is 3. The Morgan fingerprint density at radius 1 is 1.05 bits per heavy atom. The van der Waals surface area contributed by atoms with Crippen LogP contribution in [0.3, 0.4) is 0 Å². The minimum absolute atomic E-state index is 0.560. The number of nitrogens with one attached hydrogen (secondary N) is 1. The van der Waals surface area contributed by atoms with Crippen LogP contribution in [0.15, 0.2) is 71.8 Å². The van der Waals surface area contributed by atoms with E-state index >= 15 is 0 Å². The Morgan fingerprint density at radius 2 is 1.84 bits per heavy atom. The molecule has 10 heteroatoms. The van der Waals surface area contributed by atoms with Crippen molar-refractivity contribution in [3.05, 3.63) is 88.4 Å². The lowest BCUT2D eigenvalue weighted by Crippen LogP contribution is -2.54. The molecule has 0 amide bonds. The van der Waals surface area contributed by atoms with Gasteiger partial charge in [0, 0.05) is 5.02 Å². The maximum Gasteiger partial charge on any atom is 0.204 e. The summed E-state index contributed by atoms with van der Waals surface area (Å²) in [5.41, 5.74) is 6.22. The number of para-hydroxylation sites is 1. The van der Waals surface area contributed by atoms with Crippen LogP contribution in [0.25, 0.3) is 10.2 Å². The van der Waals surface area contributed by atoms with E-state index in [0.29, 0.717) is 28.7 Å². The zero-order valence-corrected chi connectivity index (χ0v) is 22.1. The molecule has 0 aliphatic carbocycles. The molecule has 198 valence electrons. The van der Waals surface area contributed by atoms with E-state index in [4.69, 9.17) is 21.1 Å². The second kappa shape index (κ2) is 11.8. The summed E-state index contributed by atoms with van der Waals surface area (Å²) in [6.45, 7) is 2.54. The Hall–Kier alpha value is -3.05. The number of hydrogen-bond donors (Lipinski definition) is 4. The molecule has 1 aliphatic heterocycles. The van der Waals surface area contributed by atoms with Crippen molar-refractivity contribution in [2.24, 2.45) is 5.10 Å². The van der Waals surface area contributed by atoms with Crippen molar-refractivity contribution < 1.29 is 24.8 Å². The summed E-state index contributed by atoms with van der Waals surface area (Å²) >= 11 is 7.93. The predicted molar refractivity (Wildman–Crippen MR) is 149 cm³/mol. The highest BCUT2D eigenvalue weighted by Crippen LogP contribution is 2.34. The molecule has 0 saturated carbocycles. The van der Waals surface area contributed by atoms with Gasteiger partial charge >= 0.3 is 0 Å². The number of aromatic nitrogens is 1. The SMILES string of the molecule is CCOc1ccc(Cc2cc([C@@H]3O[C@H](/C=N/Nc4nc5ccccc5s4)[C@@H](O)[C@H](O)[C@H]3O)ccc2Cl)cc1. The molecule has 1 saturated heterocycles. The first-order valence-electron chi connectivity index (χ1n) is 12.3. The number of nitrogens with zero attached hydrogens (tertiary/aromatic N) is 2. The van der Waals surface area contributed by atoms with E-state index in [0.717, 1.165) is 27.1 Å². The number of rotatable bonds is 8. The van der Waals surface area contributed by atoms with E-state index < -0.39 is 30.5 Å². The van der Waals surface area contributed by atoms with Crippen LogP contribution in [0.4, 0.5) is 5.13 Å². The number of fused-ring (bicyclic) bond motifs is 1. The predicted octanol–water partition coefficient (Wildman–Crippen LogP) is 4.56. The Morgan fingerprint density at radius 3 is 2.61 bits per heavy atom. The first kappa shape index (κ1) is 26.6. The summed E-state index contributed by atoms with van der Waals surface area (Å²) < 4.78 is 12.5. The molecule has 0 spiro atoms. The largest absolute Gasteiger partial charge is 0.494 e. The third-order valence-corrected chi connectivity index (χ3v) is 7.66. The van der Waals surface area contributed by atoms with Crippen molar-refractivity contribution in [3.8, 4) is 5.75 Å². The normalized spacial score (nSPS) is 23.7. The highest BCUT2D eigenvalue weighted by Gasteiger charge is 2.43. The number of anilines is 1. The molecule has 0 unspecified atom stereocenters. The summed E-state index contributed by atoms with van der Waals surface area (Å²) in [5.74, 6) is 0.799. The molecular weight excluding hydrogens is 526 g/mol. The van der Waals surface area contributed by atoms with Gasteiger partial charge in [-0.3, -0.25) is 5.43 Å². The van der Waals surface area contributed by atoms with Gasteiger partial charge in [0.15, 0.2) is 0 Å². The number of thiazole rings is 1. The molecule has 3 aromatic carbocycles. The third kappa shape index (κ3) is 5.83. The van der Waals surface area contributed by atoms with Gasteiger partial charge < -0.3 is 24.8 Å². The monoisotopic (exact) mass is 553 g/mol. The molecular formula is C28H28ClN3O5S. The van der Waals surface area contributed by atoms with E-state index in [1.807, 2.05) is 61.5 Å². The van der Waals surface area contributed by atoms with Crippen molar-refractivity contribution >= 4 is 44.5 Å². The number of hydrazone groups is 1. The summed E-state index contributed by atoms with van der Waals surface area (Å²) in [5, 5.41) is 37.2. The highest BCUT2D eigenvalue weighted by atomic mass is 35.5. The minimum atomic E-state index is -1.43. The quantitative estimate of drug-likeness (QED) is 0.187. The van der Waals surface area contributed by atoms with Gasteiger partial charge in [-0.05, 0) is 60.4 Å². The fourth-order valence-electron chi connectivity index (χ4n) is 4.39. The number of aliphatic hydroxyl groups is 3. The lowest BCUT2D eigenvalue weighted by atomic mass is 9.90. The smallest absolute Gasteiger partial charge is 0.204 e. The van der Waals surface area contributed by atoms with Crippen LogP contribution in [-0.4, -0.2) is 57.5 Å². The van der Waals surface area contributed by atoms with Crippen molar-refractivity contribution in [1.29, 1.82) is 0 Å². The van der Waals surface area contributed by atoms with Crippen molar-refractivity contribution in [1.82, 2.24) is 4.98 Å². The van der Waals surface area contributed by atoms with E-state index in [2.05, 4.69) is 15.5 Å². The number of hydrogen-bond acceptors (Lipinski definition) is 9. The standard InChI is InChI=1S/C28H28ClN3O5S/c1-2-36-19-10-7-16(8-11-19)13-18-14-17(9-12-20(18)29)27-26(35)25(34)24(33)22(37-27)15-30-32-28-31-21-5-3-4-6-23(21)38-28/h3-12,14-15,22,24-27,33-35H,2,13H2,1H3,(H,31,32)/b30-15+/t22-,24-,25+,26-,27+/m1/s1. The molecule has 5 atom stereocenters. The van der Waals surface area contributed by atoms with Gasteiger partial charge in [0.1, 0.15) is 36.3 Å². The van der Waals surface area contributed by atoms with E-state index in [-0.39, 0.29) is 0 Å². The lowest BCUT2D eigenvalue weighted by molar-refractivity contribution is -0.205. The molecule has 0 radical (unpaired) electrons. The van der Waals surface area contributed by atoms with Gasteiger partial charge in [0.25, 0.3) is 0 Å². The Labute approximate surface area is 229 Å². The zero-order valence-electron chi connectivity index (χ0n) is 20.6. The van der Waals surface area contributed by atoms with Crippen LogP contribution in [-0.2, 0) is 11.2 Å². The topological polar surface area (TPSA) is 116 Å². The zero-order chi connectivity index (χ0) is 26.6. The minimum Gasteiger partial charge on any atom is -0.494 e. The molecule has 5 rings (SSSR count). The average Bonchev–Trinajstić information content (AvgIpc) is 3.34. The van der Waals surface area contributed by atoms with Gasteiger partial charge in [-0.25, -0.2) is 4.98 Å². The second-order valence-corrected chi connectivity index (χ2v) is 10.4. The third-order valence-electron chi connectivity index (χ3n) is 6.35. The van der Waals surface area contributed by atoms with E-state index in [1.165, 1.54) is 17.6 Å². The van der Waals surface area contributed by atoms with Gasteiger partial charge in [-0.1, -0.05) is 59.3 Å². The van der Waals surface area contributed by atoms with Crippen LogP contribution in [0.5, 0.6) is 5.75 Å². The van der Waals surface area contributed by atoms with Gasteiger partial charge in [-0.15, -0.1) is 0 Å². The van der Waals surface area contributed by atoms with Crippen LogP contribution in [0, 0.1) is 0 Å². The first-order chi connectivity index (χ1) is 18.4. The van der Waals surface area contributed by atoms with Gasteiger partial charge in [0.2, 0.25) is 5.13 Å². The maximum absolute atomic E-state index is 10.7. The Kier molecular flexibility index (Phi) is 8.23. The molecule has 1 fully saturated rings. The summed E-state index contributed by atoms with van der Waals surface area (Å²) in [6.07, 6.45) is -4.07. The summed E-state index contributed by atoms with van der Waals surface area (Å²) in [6, 6.07) is 20.8. The fraction of sp³-hybridized carbons (Fsp3) is 0.286. The van der Waals surface area contributed by atoms with Crippen molar-refractivity contribution in [2.75, 3.05) is 12.0 Å². The fourth-order valence-corrected chi connectivity index (χ4v) is 5.39.